The number of rotatable bonds is 0. The summed E-state index contributed by atoms with van der Waals surface area (Å²) in [5.74, 6) is 1.48. The third-order valence-electron chi connectivity index (χ3n) is 7.23. The highest BCUT2D eigenvalue weighted by molar-refractivity contribution is 5.51. The summed E-state index contributed by atoms with van der Waals surface area (Å²) in [7, 11) is 0. The van der Waals surface area contributed by atoms with Gasteiger partial charge in [-0.2, -0.15) is 0 Å². The van der Waals surface area contributed by atoms with Crippen LogP contribution < -0.4 is 5.32 Å². The van der Waals surface area contributed by atoms with Gasteiger partial charge in [-0.25, -0.2) is 0 Å². The molecule has 2 nitrogen and oxygen atoms in total. The van der Waals surface area contributed by atoms with E-state index in [1.807, 2.05) is 12.1 Å². The van der Waals surface area contributed by atoms with Gasteiger partial charge >= 0.3 is 0 Å². The van der Waals surface area contributed by atoms with Gasteiger partial charge in [0.1, 0.15) is 5.75 Å². The number of hydrogen-bond donors (Lipinski definition) is 2. The third-order valence-corrected chi connectivity index (χ3v) is 7.23. The zero-order valence-corrected chi connectivity index (χ0v) is 12.0. The van der Waals surface area contributed by atoms with E-state index in [-0.39, 0.29) is 5.41 Å². The predicted molar refractivity (Wildman–Crippen MR) is 78.9 cm³/mol. The van der Waals surface area contributed by atoms with Crippen molar-refractivity contribution in [2.45, 2.75) is 56.4 Å². The number of aromatic hydroxyl groups is 1. The number of phenolic OH excluding ortho intramolecular Hbond substituents is 1. The molecule has 1 heterocycles. The number of phenols is 1. The Hall–Kier alpha value is -1.02. The van der Waals surface area contributed by atoms with E-state index in [4.69, 9.17) is 0 Å². The first-order valence-electron chi connectivity index (χ1n) is 8.30. The van der Waals surface area contributed by atoms with Crippen LogP contribution in [0.2, 0.25) is 0 Å². The second-order valence-electron chi connectivity index (χ2n) is 7.66. The topological polar surface area (TPSA) is 32.3 Å². The minimum Gasteiger partial charge on any atom is -0.508 e. The Balaban J connectivity index is 1.82. The zero-order valence-electron chi connectivity index (χ0n) is 12.0. The summed E-state index contributed by atoms with van der Waals surface area (Å²) < 4.78 is 0. The molecule has 4 fully saturated rings. The normalized spacial score (nSPS) is 44.8. The van der Waals surface area contributed by atoms with Gasteiger partial charge in [0, 0.05) is 17.0 Å². The highest BCUT2D eigenvalue weighted by Crippen LogP contribution is 2.69. The van der Waals surface area contributed by atoms with Crippen LogP contribution in [0.1, 0.15) is 49.7 Å². The Bertz CT molecular complexity index is 573. The molecule has 0 unspecified atom stereocenters. The summed E-state index contributed by atoms with van der Waals surface area (Å²) in [4.78, 5) is 0. The van der Waals surface area contributed by atoms with Gasteiger partial charge in [-0.1, -0.05) is 12.1 Å². The van der Waals surface area contributed by atoms with E-state index in [1.165, 1.54) is 49.7 Å². The van der Waals surface area contributed by atoms with Crippen LogP contribution >= 0.6 is 0 Å². The molecule has 1 spiro atoms. The molecule has 106 valence electrons. The molecule has 0 aromatic heterocycles. The summed E-state index contributed by atoms with van der Waals surface area (Å²) in [5, 5.41) is 14.4. The van der Waals surface area contributed by atoms with Crippen molar-refractivity contribution in [3.63, 3.8) is 0 Å². The Morgan fingerprint density at radius 3 is 2.85 bits per heavy atom. The van der Waals surface area contributed by atoms with Crippen molar-refractivity contribution < 1.29 is 5.11 Å². The molecular weight excluding hydrogens is 246 g/mol. The summed E-state index contributed by atoms with van der Waals surface area (Å²) in [6.45, 7) is 1.13. The molecule has 4 bridgehead atoms. The van der Waals surface area contributed by atoms with Gasteiger partial charge in [0.05, 0.1) is 0 Å². The summed E-state index contributed by atoms with van der Waals surface area (Å²) in [5.41, 5.74) is 3.48. The van der Waals surface area contributed by atoms with E-state index in [9.17, 15) is 5.11 Å². The van der Waals surface area contributed by atoms with Crippen molar-refractivity contribution in [2.24, 2.45) is 11.3 Å². The molecule has 3 saturated carbocycles. The van der Waals surface area contributed by atoms with Crippen LogP contribution in [0.25, 0.3) is 0 Å². The van der Waals surface area contributed by atoms with E-state index in [0.29, 0.717) is 17.2 Å². The van der Waals surface area contributed by atoms with E-state index in [0.717, 1.165) is 18.9 Å². The fraction of sp³-hybridized carbons (Fsp3) is 0.667. The smallest absolute Gasteiger partial charge is 0.119 e. The van der Waals surface area contributed by atoms with Gasteiger partial charge in [-0.15, -0.1) is 0 Å². The Morgan fingerprint density at radius 2 is 2.00 bits per heavy atom. The van der Waals surface area contributed by atoms with Crippen LogP contribution in [0.4, 0.5) is 0 Å². The van der Waals surface area contributed by atoms with Crippen molar-refractivity contribution in [1.82, 2.24) is 5.32 Å². The van der Waals surface area contributed by atoms with Crippen molar-refractivity contribution in [3.8, 4) is 5.75 Å². The van der Waals surface area contributed by atoms with E-state index < -0.39 is 0 Å². The lowest BCUT2D eigenvalue weighted by Crippen LogP contribution is -2.69. The molecule has 0 radical (unpaired) electrons. The Labute approximate surface area is 120 Å². The van der Waals surface area contributed by atoms with Gasteiger partial charge in [0.2, 0.25) is 0 Å². The van der Waals surface area contributed by atoms with Gasteiger partial charge < -0.3 is 10.4 Å². The lowest BCUT2D eigenvalue weighted by Gasteiger charge is -2.68. The molecule has 0 amide bonds. The average Bonchev–Trinajstić information content (AvgIpc) is 2.46. The number of hydrogen-bond acceptors (Lipinski definition) is 2. The van der Waals surface area contributed by atoms with Crippen LogP contribution in [-0.4, -0.2) is 17.7 Å². The number of nitrogens with one attached hydrogen (secondary N) is 1. The molecule has 2 N–H and O–H groups in total. The van der Waals surface area contributed by atoms with E-state index in [2.05, 4.69) is 11.4 Å². The maximum absolute atomic E-state index is 10.6. The lowest BCUT2D eigenvalue weighted by molar-refractivity contribution is -0.0953. The molecule has 2 heteroatoms. The van der Waals surface area contributed by atoms with Crippen molar-refractivity contribution >= 4 is 0 Å². The van der Waals surface area contributed by atoms with Crippen molar-refractivity contribution in [1.29, 1.82) is 0 Å². The summed E-state index contributed by atoms with van der Waals surface area (Å²) >= 11 is 0. The highest BCUT2D eigenvalue weighted by Gasteiger charge is 2.65. The van der Waals surface area contributed by atoms with E-state index >= 15 is 0 Å². The second kappa shape index (κ2) is 3.59. The first-order valence-corrected chi connectivity index (χ1v) is 8.30. The lowest BCUT2D eigenvalue weighted by atomic mass is 9.38. The van der Waals surface area contributed by atoms with Crippen LogP contribution in [0, 0.1) is 11.3 Å². The SMILES string of the molecule is Oc1cccc2c1[C@]13CCN[C@H](C2)C12CCC(CC2)C3. The van der Waals surface area contributed by atoms with Gasteiger partial charge in [0.25, 0.3) is 0 Å². The largest absolute Gasteiger partial charge is 0.508 e. The second-order valence-corrected chi connectivity index (χ2v) is 7.66. The number of benzene rings is 1. The highest BCUT2D eigenvalue weighted by atomic mass is 16.3. The molecule has 20 heavy (non-hydrogen) atoms. The number of piperidine rings is 1. The maximum Gasteiger partial charge on any atom is 0.119 e. The molecule has 2 atom stereocenters. The molecule has 4 aliphatic carbocycles. The quantitative estimate of drug-likeness (QED) is 0.758. The molecular formula is C18H23NO. The van der Waals surface area contributed by atoms with E-state index in [1.54, 1.807) is 0 Å². The van der Waals surface area contributed by atoms with Crippen LogP contribution in [0.5, 0.6) is 5.75 Å². The van der Waals surface area contributed by atoms with Gasteiger partial charge in [0.15, 0.2) is 0 Å². The fourth-order valence-electron chi connectivity index (χ4n) is 6.53. The zero-order chi connectivity index (χ0) is 13.4. The summed E-state index contributed by atoms with van der Waals surface area (Å²) in [6.07, 6.45) is 9.27. The molecule has 5 aliphatic rings. The van der Waals surface area contributed by atoms with Gasteiger partial charge in [-0.3, -0.25) is 0 Å². The summed E-state index contributed by atoms with van der Waals surface area (Å²) in [6, 6.07) is 6.85. The molecule has 1 aliphatic heterocycles. The van der Waals surface area contributed by atoms with Gasteiger partial charge in [-0.05, 0) is 74.5 Å². The fourth-order valence-corrected chi connectivity index (χ4v) is 6.53. The Kier molecular flexibility index (Phi) is 2.09. The maximum atomic E-state index is 10.6. The van der Waals surface area contributed by atoms with Crippen LogP contribution in [-0.2, 0) is 11.8 Å². The first kappa shape index (κ1) is 11.6. The van der Waals surface area contributed by atoms with Crippen molar-refractivity contribution in [2.75, 3.05) is 6.54 Å². The standard InChI is InChI=1S/C18H23NO/c20-14-3-1-2-13-10-15-17-6-4-12(5-7-17)11-18(17,16(13)14)8-9-19-15/h1-3,12,15,19-20H,4-11H2/t12?,15-,17?,18-/m1/s1. The van der Waals surface area contributed by atoms with Crippen LogP contribution in [0.15, 0.2) is 18.2 Å². The third kappa shape index (κ3) is 1.13. The van der Waals surface area contributed by atoms with Crippen LogP contribution in [0.3, 0.4) is 0 Å². The number of fused-ring (bicyclic) bond motifs is 3. The average molecular weight is 269 g/mol. The molecule has 1 aromatic carbocycles. The molecule has 1 aromatic rings. The minimum absolute atomic E-state index is 0.281. The first-order chi connectivity index (χ1) is 9.75. The Morgan fingerprint density at radius 1 is 1.15 bits per heavy atom. The molecule has 1 saturated heterocycles. The minimum atomic E-state index is 0.281. The molecule has 6 rings (SSSR count). The van der Waals surface area contributed by atoms with Crippen molar-refractivity contribution in [3.05, 3.63) is 29.3 Å². The predicted octanol–water partition coefficient (Wildman–Crippen LogP) is 3.13. The monoisotopic (exact) mass is 269 g/mol.